The van der Waals surface area contributed by atoms with Crippen molar-refractivity contribution in [2.75, 3.05) is 20.2 Å². The molecular weight excluding hydrogens is 464 g/mol. The normalized spacial score (nSPS) is 21.3. The van der Waals surface area contributed by atoms with Crippen LogP contribution in [0.3, 0.4) is 0 Å². The Morgan fingerprint density at radius 1 is 1.17 bits per heavy atom. The molecule has 1 atom stereocenters. The molecule has 2 saturated heterocycles. The SMILES string of the molecule is COc1ccc(C(=O)N2CCC3(CC2)OC(=O)N(Cc2csc(C)n2)C3(C)c2ccccc2)cn1. The smallest absolute Gasteiger partial charge is 0.411 e. The minimum atomic E-state index is -0.758. The number of carbonyl (C=O) groups excluding carboxylic acids is 2. The van der Waals surface area contributed by atoms with Crippen LogP contribution in [0.25, 0.3) is 0 Å². The van der Waals surface area contributed by atoms with E-state index in [4.69, 9.17) is 9.47 Å². The lowest BCUT2D eigenvalue weighted by molar-refractivity contribution is -0.0552. The third kappa shape index (κ3) is 3.93. The van der Waals surface area contributed by atoms with Gasteiger partial charge in [-0.3, -0.25) is 9.69 Å². The molecule has 2 aliphatic rings. The summed E-state index contributed by atoms with van der Waals surface area (Å²) >= 11 is 1.57. The maximum atomic E-state index is 13.3. The monoisotopic (exact) mass is 492 g/mol. The van der Waals surface area contributed by atoms with Crippen LogP contribution in [0.4, 0.5) is 4.79 Å². The van der Waals surface area contributed by atoms with Crippen LogP contribution in [0.5, 0.6) is 5.88 Å². The summed E-state index contributed by atoms with van der Waals surface area (Å²) in [6, 6.07) is 13.4. The number of aromatic nitrogens is 2. The van der Waals surface area contributed by atoms with Crippen molar-refractivity contribution in [3.63, 3.8) is 0 Å². The minimum Gasteiger partial charge on any atom is -0.481 e. The van der Waals surface area contributed by atoms with Crippen molar-refractivity contribution in [1.29, 1.82) is 0 Å². The molecule has 3 aromatic rings. The number of benzene rings is 1. The van der Waals surface area contributed by atoms with Gasteiger partial charge in [0.2, 0.25) is 5.88 Å². The molecule has 0 radical (unpaired) electrons. The first kappa shape index (κ1) is 23.3. The zero-order valence-electron chi connectivity index (χ0n) is 20.1. The first-order chi connectivity index (χ1) is 16.9. The van der Waals surface area contributed by atoms with Crippen molar-refractivity contribution in [2.45, 2.75) is 44.4 Å². The van der Waals surface area contributed by atoms with Gasteiger partial charge in [0, 0.05) is 43.6 Å². The molecule has 1 aromatic carbocycles. The van der Waals surface area contributed by atoms with Crippen LogP contribution in [0.1, 0.15) is 46.4 Å². The Bertz CT molecular complexity index is 1220. The fourth-order valence-electron chi connectivity index (χ4n) is 5.27. The average molecular weight is 493 g/mol. The number of ether oxygens (including phenoxy) is 2. The van der Waals surface area contributed by atoms with E-state index in [2.05, 4.69) is 16.9 Å². The molecule has 0 N–H and O–H groups in total. The molecule has 2 amide bonds. The van der Waals surface area contributed by atoms with Crippen LogP contribution in [-0.2, 0) is 16.8 Å². The van der Waals surface area contributed by atoms with E-state index in [1.54, 1.807) is 35.5 Å². The first-order valence-corrected chi connectivity index (χ1v) is 12.5. The number of pyridine rings is 1. The van der Waals surface area contributed by atoms with Gasteiger partial charge in [-0.15, -0.1) is 11.3 Å². The van der Waals surface area contributed by atoms with Gasteiger partial charge < -0.3 is 14.4 Å². The van der Waals surface area contributed by atoms with E-state index in [1.807, 2.05) is 47.5 Å². The number of amides is 2. The van der Waals surface area contributed by atoms with Crippen molar-refractivity contribution in [1.82, 2.24) is 19.8 Å². The molecule has 5 rings (SSSR count). The second-order valence-electron chi connectivity index (χ2n) is 9.13. The number of likely N-dealkylation sites (tertiary alicyclic amines) is 1. The molecule has 0 aliphatic carbocycles. The summed E-state index contributed by atoms with van der Waals surface area (Å²) in [5.74, 6) is 0.376. The molecular formula is C26H28N4O4S. The van der Waals surface area contributed by atoms with Gasteiger partial charge in [-0.2, -0.15) is 0 Å². The number of nitrogens with zero attached hydrogens (tertiary/aromatic N) is 4. The molecule has 0 bridgehead atoms. The Hall–Kier alpha value is -3.46. The summed E-state index contributed by atoms with van der Waals surface area (Å²) in [6.45, 7) is 5.36. The second kappa shape index (κ2) is 8.96. The van der Waals surface area contributed by atoms with E-state index < -0.39 is 11.1 Å². The predicted molar refractivity (Wildman–Crippen MR) is 131 cm³/mol. The fraction of sp³-hybridized carbons (Fsp3) is 0.385. The summed E-state index contributed by atoms with van der Waals surface area (Å²) in [6.07, 6.45) is 2.26. The molecule has 1 unspecified atom stereocenters. The molecule has 35 heavy (non-hydrogen) atoms. The number of methoxy groups -OCH3 is 1. The van der Waals surface area contributed by atoms with Crippen molar-refractivity contribution >= 4 is 23.3 Å². The van der Waals surface area contributed by atoms with Gasteiger partial charge in [-0.25, -0.2) is 14.8 Å². The number of hydrogen-bond acceptors (Lipinski definition) is 7. The van der Waals surface area contributed by atoms with Gasteiger partial charge in [-0.05, 0) is 25.5 Å². The summed E-state index contributed by atoms with van der Waals surface area (Å²) < 4.78 is 11.3. The minimum absolute atomic E-state index is 0.0875. The van der Waals surface area contributed by atoms with E-state index in [0.29, 0.717) is 43.9 Å². The van der Waals surface area contributed by atoms with E-state index >= 15 is 0 Å². The van der Waals surface area contributed by atoms with E-state index in [-0.39, 0.29) is 12.0 Å². The molecule has 2 fully saturated rings. The van der Waals surface area contributed by atoms with Gasteiger partial charge in [0.25, 0.3) is 5.91 Å². The lowest BCUT2D eigenvalue weighted by atomic mass is 9.70. The van der Waals surface area contributed by atoms with Crippen LogP contribution in [0.2, 0.25) is 0 Å². The van der Waals surface area contributed by atoms with E-state index in [0.717, 1.165) is 16.3 Å². The molecule has 0 saturated carbocycles. The highest BCUT2D eigenvalue weighted by Crippen LogP contribution is 2.52. The fourth-order valence-corrected chi connectivity index (χ4v) is 5.87. The largest absolute Gasteiger partial charge is 0.481 e. The van der Waals surface area contributed by atoms with Gasteiger partial charge in [0.15, 0.2) is 0 Å². The predicted octanol–water partition coefficient (Wildman–Crippen LogP) is 4.40. The Morgan fingerprint density at radius 2 is 1.91 bits per heavy atom. The average Bonchev–Trinajstić information content (AvgIpc) is 3.39. The molecule has 4 heterocycles. The van der Waals surface area contributed by atoms with Crippen molar-refractivity contribution in [3.05, 3.63) is 75.9 Å². The number of thiazole rings is 1. The Morgan fingerprint density at radius 3 is 2.51 bits per heavy atom. The third-order valence-electron chi connectivity index (χ3n) is 7.30. The number of rotatable bonds is 5. The Labute approximate surface area is 208 Å². The van der Waals surface area contributed by atoms with Crippen molar-refractivity contribution < 1.29 is 19.1 Å². The zero-order valence-corrected chi connectivity index (χ0v) is 20.9. The van der Waals surface area contributed by atoms with Crippen LogP contribution in [-0.4, -0.2) is 57.6 Å². The Kier molecular flexibility index (Phi) is 5.96. The first-order valence-electron chi connectivity index (χ1n) is 11.6. The van der Waals surface area contributed by atoms with Gasteiger partial charge in [0.05, 0.1) is 29.9 Å². The van der Waals surface area contributed by atoms with Crippen LogP contribution in [0.15, 0.2) is 54.0 Å². The highest BCUT2D eigenvalue weighted by Gasteiger charge is 2.64. The van der Waals surface area contributed by atoms with Crippen LogP contribution < -0.4 is 4.74 Å². The molecule has 1 spiro atoms. The standard InChI is InChI=1S/C26H28N4O4S/c1-18-28-21(17-35-18)16-30-24(32)34-26(25(30,2)20-7-5-4-6-8-20)11-13-29(14-12-26)23(31)19-9-10-22(33-3)27-15-19/h4-10,15,17H,11-14,16H2,1-3H3. The van der Waals surface area contributed by atoms with Gasteiger partial charge in [0.1, 0.15) is 11.1 Å². The van der Waals surface area contributed by atoms with Crippen molar-refractivity contribution in [3.8, 4) is 5.88 Å². The number of hydrogen-bond donors (Lipinski definition) is 0. The van der Waals surface area contributed by atoms with Crippen molar-refractivity contribution in [2.24, 2.45) is 0 Å². The van der Waals surface area contributed by atoms with Crippen LogP contribution in [0, 0.1) is 6.92 Å². The van der Waals surface area contributed by atoms with Crippen LogP contribution >= 0.6 is 11.3 Å². The molecule has 2 aliphatic heterocycles. The second-order valence-corrected chi connectivity index (χ2v) is 10.2. The highest BCUT2D eigenvalue weighted by molar-refractivity contribution is 7.09. The lowest BCUT2D eigenvalue weighted by Crippen LogP contribution is -2.58. The molecule has 182 valence electrons. The summed E-state index contributed by atoms with van der Waals surface area (Å²) in [4.78, 5) is 38.8. The summed E-state index contributed by atoms with van der Waals surface area (Å²) in [5.41, 5.74) is 0.905. The maximum Gasteiger partial charge on any atom is 0.411 e. The quantitative estimate of drug-likeness (QED) is 0.525. The number of carbonyl (C=O) groups is 2. The molecule has 8 nitrogen and oxygen atoms in total. The van der Waals surface area contributed by atoms with E-state index in [9.17, 15) is 9.59 Å². The zero-order chi connectivity index (χ0) is 24.6. The summed E-state index contributed by atoms with van der Waals surface area (Å²) in [7, 11) is 1.54. The van der Waals surface area contributed by atoms with Gasteiger partial charge in [-0.1, -0.05) is 30.3 Å². The van der Waals surface area contributed by atoms with Gasteiger partial charge >= 0.3 is 6.09 Å². The third-order valence-corrected chi connectivity index (χ3v) is 8.13. The Balaban J connectivity index is 1.43. The highest BCUT2D eigenvalue weighted by atomic mass is 32.1. The number of aryl methyl sites for hydroxylation is 1. The molecule has 2 aromatic heterocycles. The topological polar surface area (TPSA) is 84.9 Å². The summed E-state index contributed by atoms with van der Waals surface area (Å²) in [5, 5.41) is 2.95. The number of piperidine rings is 1. The molecule has 9 heteroatoms. The maximum absolute atomic E-state index is 13.3. The van der Waals surface area contributed by atoms with E-state index in [1.165, 1.54) is 6.20 Å². The lowest BCUT2D eigenvalue weighted by Gasteiger charge is -2.48.